The van der Waals surface area contributed by atoms with Gasteiger partial charge >= 0.3 is 5.97 Å². The maximum atomic E-state index is 12.4. The minimum atomic E-state index is -1.10. The van der Waals surface area contributed by atoms with Crippen molar-refractivity contribution in [2.75, 3.05) is 6.54 Å². The lowest BCUT2D eigenvalue weighted by atomic mass is 9.90. The Bertz CT molecular complexity index is 413. The van der Waals surface area contributed by atoms with Gasteiger partial charge in [-0.1, -0.05) is 45.4 Å². The van der Waals surface area contributed by atoms with Crippen molar-refractivity contribution < 1.29 is 19.5 Å². The Morgan fingerprint density at radius 2 is 1.91 bits per heavy atom. The van der Waals surface area contributed by atoms with Crippen molar-refractivity contribution in [3.05, 3.63) is 0 Å². The fourth-order valence-corrected chi connectivity index (χ4v) is 3.36. The van der Waals surface area contributed by atoms with Crippen LogP contribution in [0.1, 0.15) is 71.1 Å². The summed E-state index contributed by atoms with van der Waals surface area (Å²) in [5, 5.41) is 8.79. The van der Waals surface area contributed by atoms with Crippen molar-refractivity contribution >= 4 is 18.2 Å². The number of carbonyl (C=O) groups excluding carboxylic acids is 2. The van der Waals surface area contributed by atoms with Gasteiger partial charge in [0, 0.05) is 6.54 Å². The van der Waals surface area contributed by atoms with Crippen LogP contribution in [-0.4, -0.2) is 46.3 Å². The van der Waals surface area contributed by atoms with Gasteiger partial charge < -0.3 is 20.5 Å². The van der Waals surface area contributed by atoms with Crippen LogP contribution in [0.3, 0.4) is 0 Å². The van der Waals surface area contributed by atoms with Gasteiger partial charge in [-0.05, 0) is 19.3 Å². The van der Waals surface area contributed by atoms with Crippen molar-refractivity contribution in [3.8, 4) is 0 Å². The van der Waals surface area contributed by atoms with Crippen molar-refractivity contribution in [2.45, 2.75) is 82.7 Å². The highest BCUT2D eigenvalue weighted by Crippen LogP contribution is 2.33. The van der Waals surface area contributed by atoms with Gasteiger partial charge in [-0.15, -0.1) is 0 Å². The Labute approximate surface area is 138 Å². The third-order valence-corrected chi connectivity index (χ3v) is 4.69. The molecule has 2 atom stereocenters. The number of hydrogen-bond donors (Lipinski definition) is 2. The number of amides is 1. The van der Waals surface area contributed by atoms with Crippen LogP contribution < -0.4 is 5.73 Å². The Hall–Kier alpha value is -1.43. The van der Waals surface area contributed by atoms with Gasteiger partial charge in [0.2, 0.25) is 5.91 Å². The van der Waals surface area contributed by atoms with Crippen LogP contribution >= 0.6 is 0 Å². The van der Waals surface area contributed by atoms with E-state index >= 15 is 0 Å². The molecule has 0 aromatic rings. The molecule has 23 heavy (non-hydrogen) atoms. The highest BCUT2D eigenvalue weighted by atomic mass is 16.4. The lowest BCUT2D eigenvalue weighted by Gasteiger charge is -2.35. The van der Waals surface area contributed by atoms with E-state index in [2.05, 4.69) is 6.92 Å². The summed E-state index contributed by atoms with van der Waals surface area (Å²) in [6.45, 7) is 2.66. The molecule has 6 nitrogen and oxygen atoms in total. The van der Waals surface area contributed by atoms with Crippen molar-refractivity contribution in [2.24, 2.45) is 5.73 Å². The quantitative estimate of drug-likeness (QED) is 0.447. The Balaban J connectivity index is 2.58. The van der Waals surface area contributed by atoms with Crippen molar-refractivity contribution in [1.82, 2.24) is 4.90 Å². The first-order chi connectivity index (χ1) is 11.0. The normalized spacial score (nSPS) is 22.1. The number of aldehydes is 1. The maximum Gasteiger partial charge on any atom is 0.305 e. The van der Waals surface area contributed by atoms with Gasteiger partial charge in [0.1, 0.15) is 6.29 Å². The van der Waals surface area contributed by atoms with Gasteiger partial charge in [-0.2, -0.15) is 0 Å². The van der Waals surface area contributed by atoms with Crippen LogP contribution in [0.4, 0.5) is 0 Å². The van der Waals surface area contributed by atoms with E-state index in [-0.39, 0.29) is 0 Å². The van der Waals surface area contributed by atoms with Gasteiger partial charge in [0.15, 0.2) is 0 Å². The molecule has 0 aromatic heterocycles. The van der Waals surface area contributed by atoms with Gasteiger partial charge in [-0.3, -0.25) is 9.59 Å². The lowest BCUT2D eigenvalue weighted by Crippen LogP contribution is -2.54. The Morgan fingerprint density at radius 1 is 1.26 bits per heavy atom. The summed E-state index contributed by atoms with van der Waals surface area (Å²) >= 11 is 0. The lowest BCUT2D eigenvalue weighted by molar-refractivity contribution is -0.145. The number of aliphatic carboxylic acids is 1. The summed E-state index contributed by atoms with van der Waals surface area (Å²) in [4.78, 5) is 36.4. The number of likely N-dealkylation sites (tertiary alicyclic amines) is 1. The molecule has 1 amide bonds. The fraction of sp³-hybridized carbons (Fsp3) is 0.824. The molecule has 1 fully saturated rings. The van der Waals surface area contributed by atoms with Crippen molar-refractivity contribution in [3.63, 3.8) is 0 Å². The summed E-state index contributed by atoms with van der Waals surface area (Å²) in [6, 6.07) is -1.07. The predicted octanol–water partition coefficient (Wildman–Crippen LogP) is 2.10. The first kappa shape index (κ1) is 19.6. The number of carbonyl (C=O) groups is 3. The smallest absolute Gasteiger partial charge is 0.305 e. The summed E-state index contributed by atoms with van der Waals surface area (Å²) in [6.07, 6.45) is 9.27. The van der Waals surface area contributed by atoms with Crippen molar-refractivity contribution in [1.29, 1.82) is 0 Å². The third-order valence-electron chi connectivity index (χ3n) is 4.69. The molecule has 1 saturated heterocycles. The van der Waals surface area contributed by atoms with Crippen LogP contribution in [0.15, 0.2) is 0 Å². The average Bonchev–Trinajstić information content (AvgIpc) is 2.93. The molecule has 0 aromatic carbocycles. The van der Waals surface area contributed by atoms with E-state index in [0.29, 0.717) is 19.4 Å². The van der Waals surface area contributed by atoms with E-state index in [1.165, 1.54) is 24.2 Å². The van der Waals surface area contributed by atoms with E-state index in [1.807, 2.05) is 0 Å². The topological polar surface area (TPSA) is 101 Å². The molecule has 1 rings (SSSR count). The second kappa shape index (κ2) is 9.65. The molecule has 1 aliphatic rings. The molecule has 1 heterocycles. The second-order valence-electron chi connectivity index (χ2n) is 6.54. The van der Waals surface area contributed by atoms with Crippen LogP contribution in [0.2, 0.25) is 0 Å². The number of hydrogen-bond acceptors (Lipinski definition) is 4. The number of nitrogens with zero attached hydrogens (tertiary/aromatic N) is 1. The Morgan fingerprint density at radius 3 is 2.52 bits per heavy atom. The van der Waals surface area contributed by atoms with Gasteiger partial charge in [0.05, 0.1) is 18.0 Å². The van der Waals surface area contributed by atoms with Crippen LogP contribution in [-0.2, 0) is 14.4 Å². The molecule has 6 heteroatoms. The highest BCUT2D eigenvalue weighted by molar-refractivity contribution is 5.89. The average molecular weight is 326 g/mol. The zero-order chi connectivity index (χ0) is 17.3. The van der Waals surface area contributed by atoms with Crippen LogP contribution in [0, 0.1) is 0 Å². The number of unbranched alkanes of at least 4 members (excludes halogenated alkanes) is 5. The van der Waals surface area contributed by atoms with E-state index < -0.39 is 29.9 Å². The molecule has 0 aliphatic carbocycles. The molecular formula is C17H30N2O4. The summed E-state index contributed by atoms with van der Waals surface area (Å²) in [5.41, 5.74) is 4.92. The third kappa shape index (κ3) is 5.61. The number of carboxylic acids is 1. The van der Waals surface area contributed by atoms with E-state index in [9.17, 15) is 14.4 Å². The standard InChI is InChI=1S/C17H30N2O4/c1-2-3-4-5-6-7-9-17(13-20)10-8-11-19(17)16(23)14(18)12-15(21)22/h13-14H,2-12,18H2,1H3,(H,21,22)/t14-,17-/m0/s1. The first-order valence-electron chi connectivity index (χ1n) is 8.72. The second-order valence-corrected chi connectivity index (χ2v) is 6.54. The van der Waals surface area contributed by atoms with E-state index in [1.54, 1.807) is 0 Å². The molecule has 3 N–H and O–H groups in total. The molecule has 0 spiro atoms. The maximum absolute atomic E-state index is 12.4. The molecule has 132 valence electrons. The minimum absolute atomic E-state index is 0.401. The Kier molecular flexibility index (Phi) is 8.23. The number of nitrogens with two attached hydrogens (primary N) is 1. The van der Waals surface area contributed by atoms with Crippen LogP contribution in [0.25, 0.3) is 0 Å². The van der Waals surface area contributed by atoms with E-state index in [0.717, 1.165) is 32.0 Å². The largest absolute Gasteiger partial charge is 0.481 e. The molecule has 0 radical (unpaired) electrons. The SMILES string of the molecule is CCCCCCCC[C@@]1(C=O)CCCN1C(=O)[C@@H](N)CC(=O)O. The molecule has 0 bridgehead atoms. The minimum Gasteiger partial charge on any atom is -0.481 e. The van der Waals surface area contributed by atoms with Gasteiger partial charge in [0.25, 0.3) is 0 Å². The number of rotatable bonds is 11. The van der Waals surface area contributed by atoms with E-state index in [4.69, 9.17) is 10.8 Å². The summed E-state index contributed by atoms with van der Waals surface area (Å²) in [5.74, 6) is -1.51. The fourth-order valence-electron chi connectivity index (χ4n) is 3.36. The molecular weight excluding hydrogens is 296 g/mol. The predicted molar refractivity (Wildman–Crippen MR) is 88.0 cm³/mol. The monoisotopic (exact) mass is 326 g/mol. The highest BCUT2D eigenvalue weighted by Gasteiger charge is 2.44. The summed E-state index contributed by atoms with van der Waals surface area (Å²) < 4.78 is 0. The molecule has 1 aliphatic heterocycles. The zero-order valence-corrected chi connectivity index (χ0v) is 14.1. The number of carboxylic acid groups (broad SMARTS) is 1. The van der Waals surface area contributed by atoms with Crippen LogP contribution in [0.5, 0.6) is 0 Å². The first-order valence-corrected chi connectivity index (χ1v) is 8.72. The molecule has 0 unspecified atom stereocenters. The van der Waals surface area contributed by atoms with Gasteiger partial charge in [-0.25, -0.2) is 0 Å². The summed E-state index contributed by atoms with van der Waals surface area (Å²) in [7, 11) is 0. The molecule has 0 saturated carbocycles. The zero-order valence-electron chi connectivity index (χ0n) is 14.1.